The topological polar surface area (TPSA) is 105 Å². The van der Waals surface area contributed by atoms with Crippen LogP contribution in [0.4, 0.5) is 0 Å². The number of carboxylic acid groups (broad SMARTS) is 1. The molecule has 3 N–H and O–H groups in total. The molecule has 0 aromatic heterocycles. The van der Waals surface area contributed by atoms with E-state index in [1.54, 1.807) is 31.2 Å². The van der Waals surface area contributed by atoms with E-state index < -0.39 is 23.8 Å². The Morgan fingerprint density at radius 2 is 1.86 bits per heavy atom. The highest BCUT2D eigenvalue weighted by atomic mass is 35.5. The molecular formula is C14H17ClN2O5. The van der Waals surface area contributed by atoms with Crippen LogP contribution in [0.1, 0.15) is 13.3 Å². The average molecular weight is 329 g/mol. The molecule has 1 unspecified atom stereocenters. The minimum Gasteiger partial charge on any atom is -0.484 e. The molecule has 0 radical (unpaired) electrons. The van der Waals surface area contributed by atoms with Crippen LogP contribution in [-0.2, 0) is 14.4 Å². The van der Waals surface area contributed by atoms with Gasteiger partial charge >= 0.3 is 5.97 Å². The van der Waals surface area contributed by atoms with Gasteiger partial charge in [0.25, 0.3) is 5.91 Å². The summed E-state index contributed by atoms with van der Waals surface area (Å²) in [5.41, 5.74) is 0. The standard InChI is InChI=1S/C14H17ClN2O5/c1-2-11(14(20)21)17-12(18)7-16-13(19)8-22-10-5-3-9(15)4-6-10/h3-6,11H,2,7-8H2,1H3,(H,16,19)(H,17,18)(H,20,21). The summed E-state index contributed by atoms with van der Waals surface area (Å²) in [6.45, 7) is 1.06. The highest BCUT2D eigenvalue weighted by Crippen LogP contribution is 2.15. The number of carboxylic acids is 1. The molecule has 0 aliphatic heterocycles. The van der Waals surface area contributed by atoms with Crippen molar-refractivity contribution >= 4 is 29.4 Å². The number of amides is 2. The van der Waals surface area contributed by atoms with E-state index in [-0.39, 0.29) is 19.6 Å². The molecule has 0 spiro atoms. The smallest absolute Gasteiger partial charge is 0.326 e. The first-order valence-electron chi connectivity index (χ1n) is 6.59. The first-order valence-corrected chi connectivity index (χ1v) is 6.97. The van der Waals surface area contributed by atoms with Crippen LogP contribution in [0, 0.1) is 0 Å². The minimum atomic E-state index is -1.12. The van der Waals surface area contributed by atoms with E-state index in [0.717, 1.165) is 0 Å². The molecule has 0 heterocycles. The SMILES string of the molecule is CCC(NC(=O)CNC(=O)COc1ccc(Cl)cc1)C(=O)O. The Labute approximate surface area is 132 Å². The van der Waals surface area contributed by atoms with E-state index in [1.165, 1.54) is 0 Å². The van der Waals surface area contributed by atoms with Crippen LogP contribution in [0.5, 0.6) is 5.75 Å². The van der Waals surface area contributed by atoms with Crippen molar-refractivity contribution in [3.05, 3.63) is 29.3 Å². The van der Waals surface area contributed by atoms with Gasteiger partial charge in [-0.25, -0.2) is 4.79 Å². The lowest BCUT2D eigenvalue weighted by atomic mass is 10.2. The predicted molar refractivity (Wildman–Crippen MR) is 79.8 cm³/mol. The van der Waals surface area contributed by atoms with Crippen molar-refractivity contribution in [3.8, 4) is 5.75 Å². The second-order valence-electron chi connectivity index (χ2n) is 4.39. The first kappa shape index (κ1) is 17.8. The van der Waals surface area contributed by atoms with Crippen molar-refractivity contribution in [1.82, 2.24) is 10.6 Å². The van der Waals surface area contributed by atoms with Crippen LogP contribution in [0.2, 0.25) is 5.02 Å². The number of rotatable bonds is 8. The van der Waals surface area contributed by atoms with Crippen molar-refractivity contribution in [3.63, 3.8) is 0 Å². The zero-order chi connectivity index (χ0) is 16.5. The number of ether oxygens (including phenoxy) is 1. The van der Waals surface area contributed by atoms with Gasteiger partial charge < -0.3 is 20.5 Å². The lowest BCUT2D eigenvalue weighted by molar-refractivity contribution is -0.141. The monoisotopic (exact) mass is 328 g/mol. The molecule has 1 aromatic carbocycles. The second-order valence-corrected chi connectivity index (χ2v) is 4.82. The lowest BCUT2D eigenvalue weighted by Crippen LogP contribution is -2.45. The van der Waals surface area contributed by atoms with Crippen LogP contribution in [-0.4, -0.2) is 42.1 Å². The molecule has 0 aliphatic rings. The van der Waals surface area contributed by atoms with Gasteiger partial charge in [0.15, 0.2) is 6.61 Å². The Bertz CT molecular complexity index is 533. The fraction of sp³-hybridized carbons (Fsp3) is 0.357. The van der Waals surface area contributed by atoms with Crippen molar-refractivity contribution in [2.24, 2.45) is 0 Å². The molecule has 0 aliphatic carbocycles. The van der Waals surface area contributed by atoms with E-state index in [1.807, 2.05) is 0 Å². The van der Waals surface area contributed by atoms with E-state index >= 15 is 0 Å². The summed E-state index contributed by atoms with van der Waals surface area (Å²) < 4.78 is 5.20. The highest BCUT2D eigenvalue weighted by molar-refractivity contribution is 6.30. The molecule has 2 amide bonds. The molecule has 1 atom stereocenters. The third-order valence-electron chi connectivity index (χ3n) is 2.67. The number of nitrogens with one attached hydrogen (secondary N) is 2. The van der Waals surface area contributed by atoms with Crippen LogP contribution >= 0.6 is 11.6 Å². The lowest BCUT2D eigenvalue weighted by Gasteiger charge is -2.12. The van der Waals surface area contributed by atoms with Gasteiger partial charge in [-0.3, -0.25) is 9.59 Å². The van der Waals surface area contributed by atoms with Gasteiger partial charge in [0.2, 0.25) is 5.91 Å². The number of hydrogen-bond donors (Lipinski definition) is 3. The van der Waals surface area contributed by atoms with Crippen molar-refractivity contribution in [2.45, 2.75) is 19.4 Å². The van der Waals surface area contributed by atoms with Gasteiger partial charge in [0.05, 0.1) is 6.54 Å². The zero-order valence-corrected chi connectivity index (χ0v) is 12.7. The third kappa shape index (κ3) is 6.45. The molecule has 1 rings (SSSR count). The number of halogens is 1. The fourth-order valence-corrected chi connectivity index (χ4v) is 1.62. The molecule has 0 saturated carbocycles. The summed E-state index contributed by atoms with van der Waals surface area (Å²) in [6.07, 6.45) is 0.259. The van der Waals surface area contributed by atoms with E-state index in [2.05, 4.69) is 10.6 Å². The van der Waals surface area contributed by atoms with E-state index in [4.69, 9.17) is 21.4 Å². The third-order valence-corrected chi connectivity index (χ3v) is 2.92. The van der Waals surface area contributed by atoms with Gasteiger partial charge in [0, 0.05) is 5.02 Å². The molecule has 1 aromatic rings. The molecule has 8 heteroatoms. The largest absolute Gasteiger partial charge is 0.484 e. The maximum absolute atomic E-state index is 11.5. The van der Waals surface area contributed by atoms with Crippen molar-refractivity contribution in [2.75, 3.05) is 13.2 Å². The van der Waals surface area contributed by atoms with E-state index in [9.17, 15) is 14.4 Å². The summed E-state index contributed by atoms with van der Waals surface area (Å²) in [5.74, 6) is -1.71. The molecule has 7 nitrogen and oxygen atoms in total. The number of carbonyl (C=O) groups is 3. The molecule has 0 saturated heterocycles. The van der Waals surface area contributed by atoms with Gasteiger partial charge in [0.1, 0.15) is 11.8 Å². The van der Waals surface area contributed by atoms with Crippen LogP contribution < -0.4 is 15.4 Å². The van der Waals surface area contributed by atoms with Gasteiger partial charge in [-0.05, 0) is 30.7 Å². The first-order chi connectivity index (χ1) is 10.4. The van der Waals surface area contributed by atoms with Crippen LogP contribution in [0.25, 0.3) is 0 Å². The molecule has 22 heavy (non-hydrogen) atoms. The number of carbonyl (C=O) groups excluding carboxylic acids is 2. The summed E-state index contributed by atoms with van der Waals surface area (Å²) in [7, 11) is 0. The number of aliphatic carboxylic acids is 1. The van der Waals surface area contributed by atoms with Crippen molar-refractivity contribution < 1.29 is 24.2 Å². The van der Waals surface area contributed by atoms with Crippen molar-refractivity contribution in [1.29, 1.82) is 0 Å². The normalized spacial score (nSPS) is 11.4. The molecule has 120 valence electrons. The second kappa shape index (κ2) is 8.89. The Hall–Kier alpha value is -2.28. The maximum Gasteiger partial charge on any atom is 0.326 e. The predicted octanol–water partition coefficient (Wildman–Crippen LogP) is 0.814. The summed E-state index contributed by atoms with van der Waals surface area (Å²) in [5, 5.41) is 14.0. The minimum absolute atomic E-state index is 0.259. The van der Waals surface area contributed by atoms with Gasteiger partial charge in [-0.1, -0.05) is 18.5 Å². The zero-order valence-electron chi connectivity index (χ0n) is 12.0. The molecule has 0 fully saturated rings. The maximum atomic E-state index is 11.5. The summed E-state index contributed by atoms with van der Waals surface area (Å²) in [4.78, 5) is 33.8. The van der Waals surface area contributed by atoms with Crippen LogP contribution in [0.3, 0.4) is 0 Å². The summed E-state index contributed by atoms with van der Waals surface area (Å²) >= 11 is 5.71. The Kier molecular flexibility index (Phi) is 7.18. The number of benzene rings is 1. The Morgan fingerprint density at radius 1 is 1.23 bits per heavy atom. The summed E-state index contributed by atoms with van der Waals surface area (Å²) in [6, 6.07) is 5.51. The Morgan fingerprint density at radius 3 is 2.41 bits per heavy atom. The molecule has 0 bridgehead atoms. The Balaban J connectivity index is 2.29. The number of hydrogen-bond acceptors (Lipinski definition) is 4. The average Bonchev–Trinajstić information content (AvgIpc) is 2.49. The highest BCUT2D eigenvalue weighted by Gasteiger charge is 2.17. The van der Waals surface area contributed by atoms with Crippen LogP contribution in [0.15, 0.2) is 24.3 Å². The molecular weight excluding hydrogens is 312 g/mol. The fourth-order valence-electron chi connectivity index (χ4n) is 1.49. The quantitative estimate of drug-likeness (QED) is 0.655. The van der Waals surface area contributed by atoms with E-state index in [0.29, 0.717) is 10.8 Å². The van der Waals surface area contributed by atoms with Gasteiger partial charge in [-0.15, -0.1) is 0 Å². The van der Waals surface area contributed by atoms with Gasteiger partial charge in [-0.2, -0.15) is 0 Å².